The normalized spacial score (nSPS) is 9.47. The van der Waals surface area contributed by atoms with Gasteiger partial charge in [-0.25, -0.2) is 0 Å². The van der Waals surface area contributed by atoms with Crippen LogP contribution in [0.25, 0.3) is 0 Å². The quantitative estimate of drug-likeness (QED) is 0.749. The van der Waals surface area contributed by atoms with Gasteiger partial charge in [0, 0.05) is 7.05 Å². The molecule has 0 fully saturated rings. The molecule has 78 valence electrons. The molecular weight excluding hydrogens is 235 g/mol. The lowest BCUT2D eigenvalue weighted by atomic mass is 10.2. The zero-order valence-electron chi connectivity index (χ0n) is 8.00. The highest BCUT2D eigenvalue weighted by atomic mass is 35.5. The van der Waals surface area contributed by atoms with Crippen LogP contribution < -0.4 is 0 Å². The summed E-state index contributed by atoms with van der Waals surface area (Å²) < 4.78 is 0. The van der Waals surface area contributed by atoms with Gasteiger partial charge in [-0.05, 0) is 12.1 Å². The summed E-state index contributed by atoms with van der Waals surface area (Å²) >= 11 is 11.7. The molecule has 0 spiro atoms. The van der Waals surface area contributed by atoms with Crippen molar-refractivity contribution in [2.24, 2.45) is 0 Å². The maximum absolute atomic E-state index is 11.8. The Morgan fingerprint density at radius 3 is 2.47 bits per heavy atom. The summed E-state index contributed by atoms with van der Waals surface area (Å²) in [5.74, 6) is -0.354. The van der Waals surface area contributed by atoms with E-state index in [4.69, 9.17) is 28.5 Å². The van der Waals surface area contributed by atoms with E-state index in [0.717, 1.165) is 0 Å². The van der Waals surface area contributed by atoms with Gasteiger partial charge in [-0.3, -0.25) is 4.79 Å². The molecule has 0 aliphatic rings. The van der Waals surface area contributed by atoms with E-state index in [1.807, 2.05) is 6.07 Å². The molecule has 0 heterocycles. The molecule has 0 saturated carbocycles. The topological polar surface area (TPSA) is 44.1 Å². The van der Waals surface area contributed by atoms with Gasteiger partial charge in [0.25, 0.3) is 5.91 Å². The minimum absolute atomic E-state index is 0.000382. The van der Waals surface area contributed by atoms with Gasteiger partial charge in [0.1, 0.15) is 6.54 Å². The fourth-order valence-corrected chi connectivity index (χ4v) is 1.63. The van der Waals surface area contributed by atoms with Crippen LogP contribution in [0, 0.1) is 11.3 Å². The van der Waals surface area contributed by atoms with E-state index in [1.54, 1.807) is 18.2 Å². The molecule has 0 unspecified atom stereocenters. The van der Waals surface area contributed by atoms with Crippen molar-refractivity contribution in [3.8, 4) is 6.07 Å². The first-order valence-corrected chi connectivity index (χ1v) is 4.90. The monoisotopic (exact) mass is 242 g/mol. The van der Waals surface area contributed by atoms with Crippen LogP contribution in [0.1, 0.15) is 10.4 Å². The standard InChI is InChI=1S/C10H8Cl2N2O/c1-14(6-5-13)10(15)9-7(11)3-2-4-8(9)12/h2-4H,6H2,1H3. The van der Waals surface area contributed by atoms with E-state index >= 15 is 0 Å². The van der Waals surface area contributed by atoms with Crippen LogP contribution >= 0.6 is 23.2 Å². The average Bonchev–Trinajstić information content (AvgIpc) is 2.17. The van der Waals surface area contributed by atoms with E-state index in [2.05, 4.69) is 0 Å². The third kappa shape index (κ3) is 2.62. The largest absolute Gasteiger partial charge is 0.328 e. The Morgan fingerprint density at radius 2 is 2.00 bits per heavy atom. The lowest BCUT2D eigenvalue weighted by molar-refractivity contribution is 0.0812. The Balaban J connectivity index is 3.07. The molecule has 0 atom stereocenters. The van der Waals surface area contributed by atoms with Gasteiger partial charge in [-0.1, -0.05) is 29.3 Å². The summed E-state index contributed by atoms with van der Waals surface area (Å²) in [6.07, 6.45) is 0. The van der Waals surface area contributed by atoms with Crippen molar-refractivity contribution in [3.63, 3.8) is 0 Å². The minimum atomic E-state index is -0.354. The first-order valence-electron chi connectivity index (χ1n) is 4.14. The van der Waals surface area contributed by atoms with E-state index in [9.17, 15) is 4.79 Å². The van der Waals surface area contributed by atoms with Gasteiger partial charge in [0.2, 0.25) is 0 Å². The van der Waals surface area contributed by atoms with E-state index in [1.165, 1.54) is 11.9 Å². The summed E-state index contributed by atoms with van der Waals surface area (Å²) in [5, 5.41) is 9.04. The van der Waals surface area contributed by atoms with Gasteiger partial charge in [-0.15, -0.1) is 0 Å². The van der Waals surface area contributed by atoms with E-state index in [-0.39, 0.29) is 28.1 Å². The van der Waals surface area contributed by atoms with Crippen molar-refractivity contribution >= 4 is 29.1 Å². The van der Waals surface area contributed by atoms with E-state index < -0.39 is 0 Å². The molecule has 1 aromatic rings. The number of hydrogen-bond acceptors (Lipinski definition) is 2. The summed E-state index contributed by atoms with van der Waals surface area (Å²) in [5.41, 5.74) is 0.235. The lowest BCUT2D eigenvalue weighted by Gasteiger charge is -2.14. The highest BCUT2D eigenvalue weighted by molar-refractivity contribution is 6.39. The van der Waals surface area contributed by atoms with Gasteiger partial charge in [0.05, 0.1) is 21.7 Å². The highest BCUT2D eigenvalue weighted by Gasteiger charge is 2.17. The molecule has 0 aliphatic carbocycles. The number of hydrogen-bond donors (Lipinski definition) is 0. The highest BCUT2D eigenvalue weighted by Crippen LogP contribution is 2.25. The third-order valence-electron chi connectivity index (χ3n) is 1.83. The Kier molecular flexibility index (Phi) is 3.96. The Bertz CT molecular complexity index is 406. The SMILES string of the molecule is CN(CC#N)C(=O)c1c(Cl)cccc1Cl. The molecule has 0 radical (unpaired) electrons. The predicted molar refractivity (Wildman–Crippen MR) is 59.0 cm³/mol. The second-order valence-electron chi connectivity index (χ2n) is 2.92. The number of nitriles is 1. The maximum Gasteiger partial charge on any atom is 0.257 e. The van der Waals surface area contributed by atoms with Crippen molar-refractivity contribution in [1.29, 1.82) is 5.26 Å². The Hall–Kier alpha value is -1.24. The van der Waals surface area contributed by atoms with Gasteiger partial charge >= 0.3 is 0 Å². The first-order chi connectivity index (χ1) is 7.07. The van der Waals surface area contributed by atoms with Crippen LogP contribution in [0.5, 0.6) is 0 Å². The molecule has 1 amide bonds. The van der Waals surface area contributed by atoms with Gasteiger partial charge in [0.15, 0.2) is 0 Å². The fourth-order valence-electron chi connectivity index (χ4n) is 1.07. The molecule has 15 heavy (non-hydrogen) atoms. The second-order valence-corrected chi connectivity index (χ2v) is 3.73. The number of nitrogens with zero attached hydrogens (tertiary/aromatic N) is 2. The molecule has 0 N–H and O–H groups in total. The number of rotatable bonds is 2. The zero-order chi connectivity index (χ0) is 11.4. The van der Waals surface area contributed by atoms with Crippen LogP contribution in [-0.4, -0.2) is 24.4 Å². The molecule has 1 rings (SSSR count). The number of amides is 1. The Labute approximate surface area is 97.8 Å². The lowest BCUT2D eigenvalue weighted by Crippen LogP contribution is -2.27. The number of benzene rings is 1. The summed E-state index contributed by atoms with van der Waals surface area (Å²) in [4.78, 5) is 13.0. The predicted octanol–water partition coefficient (Wildman–Crippen LogP) is 2.59. The van der Waals surface area contributed by atoms with Crippen LogP contribution in [-0.2, 0) is 0 Å². The zero-order valence-corrected chi connectivity index (χ0v) is 9.51. The molecule has 3 nitrogen and oxygen atoms in total. The number of carbonyl (C=O) groups is 1. The molecule has 0 aromatic heterocycles. The number of halogens is 2. The Morgan fingerprint density at radius 1 is 1.47 bits per heavy atom. The van der Waals surface area contributed by atoms with Crippen molar-refractivity contribution < 1.29 is 4.79 Å². The minimum Gasteiger partial charge on any atom is -0.328 e. The van der Waals surface area contributed by atoms with Crippen LogP contribution in [0.4, 0.5) is 0 Å². The van der Waals surface area contributed by atoms with Crippen LogP contribution in [0.2, 0.25) is 10.0 Å². The summed E-state index contributed by atoms with van der Waals surface area (Å²) in [7, 11) is 1.52. The molecule has 5 heteroatoms. The third-order valence-corrected chi connectivity index (χ3v) is 2.46. The molecule has 0 bridgehead atoms. The van der Waals surface area contributed by atoms with Gasteiger partial charge < -0.3 is 4.90 Å². The van der Waals surface area contributed by atoms with Crippen LogP contribution in [0.3, 0.4) is 0 Å². The maximum atomic E-state index is 11.8. The average molecular weight is 243 g/mol. The smallest absolute Gasteiger partial charge is 0.257 e. The molecule has 1 aromatic carbocycles. The second kappa shape index (κ2) is 5.01. The fraction of sp³-hybridized carbons (Fsp3) is 0.200. The first kappa shape index (κ1) is 11.8. The van der Waals surface area contributed by atoms with Crippen molar-refractivity contribution in [3.05, 3.63) is 33.8 Å². The van der Waals surface area contributed by atoms with Crippen molar-refractivity contribution in [1.82, 2.24) is 4.90 Å². The van der Waals surface area contributed by atoms with Crippen molar-refractivity contribution in [2.75, 3.05) is 13.6 Å². The summed E-state index contributed by atoms with van der Waals surface area (Å²) in [6, 6.07) is 6.70. The molecule has 0 saturated heterocycles. The van der Waals surface area contributed by atoms with Crippen molar-refractivity contribution in [2.45, 2.75) is 0 Å². The molecular formula is C10H8Cl2N2O. The van der Waals surface area contributed by atoms with Gasteiger partial charge in [-0.2, -0.15) is 5.26 Å². The van der Waals surface area contributed by atoms with Crippen LogP contribution in [0.15, 0.2) is 18.2 Å². The summed E-state index contributed by atoms with van der Waals surface area (Å²) in [6.45, 7) is 0.000382. The molecule has 0 aliphatic heterocycles. The number of carbonyl (C=O) groups excluding carboxylic acids is 1. The van der Waals surface area contributed by atoms with E-state index in [0.29, 0.717) is 0 Å².